The maximum absolute atomic E-state index is 12.4. The molecular formula is C22H19NO2. The van der Waals surface area contributed by atoms with E-state index in [1.54, 1.807) is 0 Å². The van der Waals surface area contributed by atoms with Crippen molar-refractivity contribution in [2.45, 2.75) is 5.92 Å². The number of ether oxygens (including phenoxy) is 1. The lowest BCUT2D eigenvalue weighted by molar-refractivity contribution is 0.103. The highest BCUT2D eigenvalue weighted by atomic mass is 16.6. The van der Waals surface area contributed by atoms with E-state index in [9.17, 15) is 4.79 Å². The van der Waals surface area contributed by atoms with E-state index in [4.69, 9.17) is 11.2 Å². The van der Waals surface area contributed by atoms with Crippen LogP contribution >= 0.6 is 0 Å². The molecule has 124 valence electrons. The van der Waals surface area contributed by atoms with Crippen molar-refractivity contribution < 1.29 is 9.53 Å². The molecule has 25 heavy (non-hydrogen) atoms. The molecule has 0 N–H and O–H groups in total. The topological polar surface area (TPSA) is 29.5 Å². The van der Waals surface area contributed by atoms with E-state index in [-0.39, 0.29) is 12.0 Å². The zero-order valence-electron chi connectivity index (χ0n) is 13.9. The minimum Gasteiger partial charge on any atom is -0.448 e. The Balaban J connectivity index is 1.30. The Morgan fingerprint density at radius 1 is 1.04 bits per heavy atom. The molecule has 0 radical (unpaired) electrons. The zero-order chi connectivity index (χ0) is 17.0. The summed E-state index contributed by atoms with van der Waals surface area (Å²) in [6.45, 7) is 1.88. The maximum atomic E-state index is 12.4. The molecule has 1 heterocycles. The van der Waals surface area contributed by atoms with Gasteiger partial charge in [-0.3, -0.25) is 0 Å². The van der Waals surface area contributed by atoms with Crippen molar-refractivity contribution in [3.63, 3.8) is 0 Å². The van der Waals surface area contributed by atoms with Crippen LogP contribution in [0.4, 0.5) is 4.79 Å². The highest BCUT2D eigenvalue weighted by molar-refractivity contribution is 5.79. The molecule has 0 spiro atoms. The molecule has 2 aliphatic carbocycles. The average Bonchev–Trinajstić information content (AvgIpc) is 3.00. The summed E-state index contributed by atoms with van der Waals surface area (Å²) >= 11 is 0. The third-order valence-electron chi connectivity index (χ3n) is 5.98. The Morgan fingerprint density at radius 2 is 1.60 bits per heavy atom. The van der Waals surface area contributed by atoms with Gasteiger partial charge in [-0.25, -0.2) is 4.79 Å². The molecule has 2 atom stereocenters. The van der Waals surface area contributed by atoms with Gasteiger partial charge in [-0.05, 0) is 34.1 Å². The Bertz CT molecular complexity index is 839. The van der Waals surface area contributed by atoms with Crippen molar-refractivity contribution in [3.8, 4) is 23.5 Å². The first-order valence-electron chi connectivity index (χ1n) is 8.84. The fraction of sp³-hybridized carbons (Fsp3) is 0.318. The summed E-state index contributed by atoms with van der Waals surface area (Å²) in [5.41, 5.74) is 4.98. The predicted molar refractivity (Wildman–Crippen MR) is 95.9 cm³/mol. The van der Waals surface area contributed by atoms with Gasteiger partial charge in [0, 0.05) is 24.9 Å². The summed E-state index contributed by atoms with van der Waals surface area (Å²) in [6, 6.07) is 16.8. The third-order valence-corrected chi connectivity index (χ3v) is 5.98. The molecule has 1 saturated heterocycles. The van der Waals surface area contributed by atoms with E-state index in [0.29, 0.717) is 24.4 Å². The van der Waals surface area contributed by atoms with E-state index >= 15 is 0 Å². The normalized spacial score (nSPS) is 25.7. The number of benzene rings is 2. The van der Waals surface area contributed by atoms with Gasteiger partial charge in [-0.1, -0.05) is 48.5 Å². The van der Waals surface area contributed by atoms with Gasteiger partial charge in [-0.2, -0.15) is 0 Å². The van der Waals surface area contributed by atoms with Gasteiger partial charge in [0.1, 0.15) is 6.61 Å². The first kappa shape index (κ1) is 14.6. The van der Waals surface area contributed by atoms with E-state index in [0.717, 1.165) is 13.1 Å². The lowest BCUT2D eigenvalue weighted by Gasteiger charge is -2.20. The Labute approximate surface area is 147 Å². The van der Waals surface area contributed by atoms with Crippen LogP contribution in [0.1, 0.15) is 17.0 Å². The molecule has 3 aliphatic rings. The van der Waals surface area contributed by atoms with Crippen molar-refractivity contribution >= 4 is 6.09 Å². The minimum absolute atomic E-state index is 0.118. The minimum atomic E-state index is -0.204. The predicted octanol–water partition coefficient (Wildman–Crippen LogP) is 3.75. The van der Waals surface area contributed by atoms with Crippen LogP contribution in [-0.2, 0) is 4.74 Å². The first-order valence-corrected chi connectivity index (χ1v) is 8.84. The molecule has 2 aromatic rings. The van der Waals surface area contributed by atoms with Gasteiger partial charge in [0.05, 0.1) is 0 Å². The largest absolute Gasteiger partial charge is 0.448 e. The molecule has 1 saturated carbocycles. The Hall–Kier alpha value is -2.73. The molecule has 2 fully saturated rings. The molecule has 2 unspecified atom stereocenters. The number of nitrogens with zero attached hydrogens (tertiary/aromatic N) is 1. The standard InChI is InChI=1S/C22H19NO2/c1-2-14-19-11-23(12-20(14)19)22(24)25-13-21-17-9-5-3-7-15(17)16-8-4-6-10-18(16)21/h1,3-10,14,19-21H,11-13H2. The second kappa shape index (κ2) is 5.39. The van der Waals surface area contributed by atoms with Crippen LogP contribution in [0.2, 0.25) is 0 Å². The molecule has 1 amide bonds. The first-order chi connectivity index (χ1) is 12.3. The third kappa shape index (κ3) is 2.17. The van der Waals surface area contributed by atoms with Crippen LogP contribution in [0.5, 0.6) is 0 Å². The Morgan fingerprint density at radius 3 is 2.16 bits per heavy atom. The van der Waals surface area contributed by atoms with Gasteiger partial charge in [0.2, 0.25) is 0 Å². The van der Waals surface area contributed by atoms with E-state index in [1.165, 1.54) is 22.3 Å². The molecule has 0 aromatic heterocycles. The lowest BCUT2D eigenvalue weighted by atomic mass is 9.98. The van der Waals surface area contributed by atoms with Crippen molar-refractivity contribution in [2.75, 3.05) is 19.7 Å². The number of hydrogen-bond donors (Lipinski definition) is 0. The second-order valence-corrected chi connectivity index (χ2v) is 7.23. The number of terminal acetylenes is 1. The quantitative estimate of drug-likeness (QED) is 0.786. The highest BCUT2D eigenvalue weighted by Gasteiger charge is 2.56. The molecule has 3 nitrogen and oxygen atoms in total. The number of hydrogen-bond acceptors (Lipinski definition) is 2. The van der Waals surface area contributed by atoms with Gasteiger partial charge in [0.25, 0.3) is 0 Å². The molecule has 5 rings (SSSR count). The zero-order valence-corrected chi connectivity index (χ0v) is 13.9. The average molecular weight is 329 g/mol. The van der Waals surface area contributed by atoms with Gasteiger partial charge >= 0.3 is 6.09 Å². The van der Waals surface area contributed by atoms with Crippen molar-refractivity contribution in [3.05, 3.63) is 59.7 Å². The molecule has 2 aromatic carbocycles. The molecule has 1 aliphatic heterocycles. The summed E-state index contributed by atoms with van der Waals surface area (Å²) in [7, 11) is 0. The highest BCUT2D eigenvalue weighted by Crippen LogP contribution is 2.51. The van der Waals surface area contributed by atoms with E-state index in [1.807, 2.05) is 17.0 Å². The number of amides is 1. The van der Waals surface area contributed by atoms with Crippen LogP contribution in [0.15, 0.2) is 48.5 Å². The number of carbonyl (C=O) groups excluding carboxylic acids is 1. The van der Waals surface area contributed by atoms with Crippen LogP contribution in [0, 0.1) is 30.1 Å². The van der Waals surface area contributed by atoms with Gasteiger partial charge in [-0.15, -0.1) is 12.3 Å². The summed E-state index contributed by atoms with van der Waals surface area (Å²) in [4.78, 5) is 14.3. The molecule has 3 heteroatoms. The van der Waals surface area contributed by atoms with Crippen molar-refractivity contribution in [2.24, 2.45) is 17.8 Å². The van der Waals surface area contributed by atoms with Crippen molar-refractivity contribution in [1.82, 2.24) is 4.90 Å². The second-order valence-electron chi connectivity index (χ2n) is 7.23. The summed E-state index contributed by atoms with van der Waals surface area (Å²) in [6.07, 6.45) is 5.29. The number of fused-ring (bicyclic) bond motifs is 4. The maximum Gasteiger partial charge on any atom is 0.409 e. The van der Waals surface area contributed by atoms with E-state index in [2.05, 4.69) is 42.3 Å². The van der Waals surface area contributed by atoms with Crippen molar-refractivity contribution in [1.29, 1.82) is 0 Å². The number of likely N-dealkylation sites (tertiary alicyclic amines) is 1. The van der Waals surface area contributed by atoms with Crippen LogP contribution < -0.4 is 0 Å². The lowest BCUT2D eigenvalue weighted by Crippen LogP contribution is -2.32. The smallest absolute Gasteiger partial charge is 0.409 e. The van der Waals surface area contributed by atoms with E-state index < -0.39 is 0 Å². The summed E-state index contributed by atoms with van der Waals surface area (Å²) in [5.74, 6) is 4.29. The van der Waals surface area contributed by atoms with Crippen LogP contribution in [0.3, 0.4) is 0 Å². The molecular weight excluding hydrogens is 310 g/mol. The van der Waals surface area contributed by atoms with Gasteiger partial charge in [0.15, 0.2) is 0 Å². The fourth-order valence-electron chi connectivity index (χ4n) is 4.61. The summed E-state index contributed by atoms with van der Waals surface area (Å²) < 4.78 is 5.70. The molecule has 0 bridgehead atoms. The summed E-state index contributed by atoms with van der Waals surface area (Å²) in [5, 5.41) is 0. The number of rotatable bonds is 2. The monoisotopic (exact) mass is 329 g/mol. The SMILES string of the molecule is C#CC1C2CN(C(=O)OCC3c4ccccc4-c4ccccc43)CC12. The van der Waals surface area contributed by atoms with Gasteiger partial charge < -0.3 is 9.64 Å². The number of piperidine rings is 1. The van der Waals surface area contributed by atoms with Crippen LogP contribution in [-0.4, -0.2) is 30.7 Å². The van der Waals surface area contributed by atoms with Crippen LogP contribution in [0.25, 0.3) is 11.1 Å². The number of carbonyl (C=O) groups is 1. The fourth-order valence-corrected chi connectivity index (χ4v) is 4.61. The Kier molecular flexibility index (Phi) is 3.15.